The Labute approximate surface area is 120 Å². The summed E-state index contributed by atoms with van der Waals surface area (Å²) in [6, 6.07) is 0.769. The third kappa shape index (κ3) is 3.97. The summed E-state index contributed by atoms with van der Waals surface area (Å²) in [5.41, 5.74) is 0.530. The summed E-state index contributed by atoms with van der Waals surface area (Å²) in [6.07, 6.45) is 11.7. The zero-order chi connectivity index (χ0) is 13.9. The van der Waals surface area contributed by atoms with Gasteiger partial charge in [-0.2, -0.15) is 0 Å². The van der Waals surface area contributed by atoms with Crippen molar-refractivity contribution >= 4 is 0 Å². The zero-order valence-electron chi connectivity index (χ0n) is 13.7. The van der Waals surface area contributed by atoms with Crippen LogP contribution in [-0.4, -0.2) is 12.6 Å². The molecule has 2 aliphatic carbocycles. The van der Waals surface area contributed by atoms with Crippen LogP contribution >= 0.6 is 0 Å². The second-order valence-corrected chi connectivity index (χ2v) is 8.03. The van der Waals surface area contributed by atoms with Gasteiger partial charge in [0.15, 0.2) is 0 Å². The first kappa shape index (κ1) is 15.4. The third-order valence-corrected chi connectivity index (χ3v) is 5.87. The van der Waals surface area contributed by atoms with Crippen LogP contribution < -0.4 is 5.32 Å². The standard InChI is InChI=1S/C18H35N/c1-5-19-17-12-14(2)10-11-16(17)18(3,4)13-15-8-6-7-9-15/h14-17,19H,5-13H2,1-4H3. The first-order valence-corrected chi connectivity index (χ1v) is 8.76. The average Bonchev–Trinajstić information content (AvgIpc) is 2.81. The Morgan fingerprint density at radius 1 is 1.05 bits per heavy atom. The summed E-state index contributed by atoms with van der Waals surface area (Å²) in [7, 11) is 0. The maximum absolute atomic E-state index is 3.80. The first-order valence-electron chi connectivity index (χ1n) is 8.76. The molecule has 0 saturated heterocycles. The molecule has 2 rings (SSSR count). The van der Waals surface area contributed by atoms with Crippen LogP contribution in [0.3, 0.4) is 0 Å². The van der Waals surface area contributed by atoms with Gasteiger partial charge in [0.2, 0.25) is 0 Å². The van der Waals surface area contributed by atoms with Crippen molar-refractivity contribution in [3.05, 3.63) is 0 Å². The lowest BCUT2D eigenvalue weighted by atomic mass is 9.63. The van der Waals surface area contributed by atoms with Crippen molar-refractivity contribution in [1.82, 2.24) is 5.32 Å². The van der Waals surface area contributed by atoms with E-state index in [1.807, 2.05) is 0 Å². The lowest BCUT2D eigenvalue weighted by Gasteiger charge is -2.45. The minimum Gasteiger partial charge on any atom is -0.314 e. The molecule has 2 fully saturated rings. The Hall–Kier alpha value is -0.0400. The third-order valence-electron chi connectivity index (χ3n) is 5.87. The van der Waals surface area contributed by atoms with Gasteiger partial charge in [0.1, 0.15) is 0 Å². The highest BCUT2D eigenvalue weighted by atomic mass is 14.9. The summed E-state index contributed by atoms with van der Waals surface area (Å²) < 4.78 is 0. The lowest BCUT2D eigenvalue weighted by molar-refractivity contribution is 0.0731. The normalized spacial score (nSPS) is 33.8. The number of rotatable bonds is 5. The van der Waals surface area contributed by atoms with Crippen molar-refractivity contribution in [2.24, 2.45) is 23.2 Å². The molecular weight excluding hydrogens is 230 g/mol. The van der Waals surface area contributed by atoms with Gasteiger partial charge in [-0.15, -0.1) is 0 Å². The van der Waals surface area contributed by atoms with Gasteiger partial charge in [-0.1, -0.05) is 59.8 Å². The summed E-state index contributed by atoms with van der Waals surface area (Å²) >= 11 is 0. The van der Waals surface area contributed by atoms with E-state index in [9.17, 15) is 0 Å². The van der Waals surface area contributed by atoms with Crippen molar-refractivity contribution in [3.63, 3.8) is 0 Å². The van der Waals surface area contributed by atoms with Crippen LogP contribution in [0.15, 0.2) is 0 Å². The van der Waals surface area contributed by atoms with E-state index in [0.29, 0.717) is 5.41 Å². The smallest absolute Gasteiger partial charge is 0.0103 e. The highest BCUT2D eigenvalue weighted by Crippen LogP contribution is 2.46. The Morgan fingerprint density at radius 3 is 2.37 bits per heavy atom. The van der Waals surface area contributed by atoms with Gasteiger partial charge in [0.05, 0.1) is 0 Å². The molecule has 2 aliphatic rings. The minimum absolute atomic E-state index is 0.530. The molecular formula is C18H35N. The molecule has 3 atom stereocenters. The van der Waals surface area contributed by atoms with Crippen molar-refractivity contribution in [3.8, 4) is 0 Å². The first-order chi connectivity index (χ1) is 9.03. The topological polar surface area (TPSA) is 12.0 Å². The molecule has 1 N–H and O–H groups in total. The molecule has 112 valence electrons. The summed E-state index contributed by atoms with van der Waals surface area (Å²) in [6.45, 7) is 10.9. The fourth-order valence-corrected chi connectivity index (χ4v) is 4.91. The van der Waals surface area contributed by atoms with Crippen LogP contribution in [-0.2, 0) is 0 Å². The van der Waals surface area contributed by atoms with Gasteiger partial charge in [-0.3, -0.25) is 0 Å². The number of hydrogen-bond acceptors (Lipinski definition) is 1. The number of hydrogen-bond donors (Lipinski definition) is 1. The van der Waals surface area contributed by atoms with Gasteiger partial charge in [0, 0.05) is 6.04 Å². The highest BCUT2D eigenvalue weighted by Gasteiger charge is 2.39. The molecule has 3 unspecified atom stereocenters. The number of nitrogens with one attached hydrogen (secondary N) is 1. The van der Waals surface area contributed by atoms with Gasteiger partial charge in [-0.25, -0.2) is 0 Å². The van der Waals surface area contributed by atoms with Crippen LogP contribution in [0.2, 0.25) is 0 Å². The molecule has 1 heteroatoms. The predicted molar refractivity (Wildman–Crippen MR) is 84.3 cm³/mol. The van der Waals surface area contributed by atoms with Gasteiger partial charge < -0.3 is 5.32 Å². The van der Waals surface area contributed by atoms with Crippen LogP contribution in [0.25, 0.3) is 0 Å². The second kappa shape index (κ2) is 6.61. The van der Waals surface area contributed by atoms with E-state index in [1.165, 1.54) is 51.4 Å². The summed E-state index contributed by atoms with van der Waals surface area (Å²) in [5.74, 6) is 2.84. The minimum atomic E-state index is 0.530. The van der Waals surface area contributed by atoms with Crippen LogP contribution in [0, 0.1) is 23.2 Å². The molecule has 2 saturated carbocycles. The van der Waals surface area contributed by atoms with E-state index in [4.69, 9.17) is 0 Å². The zero-order valence-corrected chi connectivity index (χ0v) is 13.7. The van der Waals surface area contributed by atoms with E-state index >= 15 is 0 Å². The quantitative estimate of drug-likeness (QED) is 0.737. The molecule has 0 radical (unpaired) electrons. The van der Waals surface area contributed by atoms with Crippen molar-refractivity contribution in [2.75, 3.05) is 6.54 Å². The summed E-state index contributed by atoms with van der Waals surface area (Å²) in [5, 5.41) is 3.80. The molecule has 0 heterocycles. The molecule has 0 bridgehead atoms. The van der Waals surface area contributed by atoms with Crippen molar-refractivity contribution in [1.29, 1.82) is 0 Å². The van der Waals surface area contributed by atoms with E-state index in [2.05, 4.69) is 33.0 Å². The fourth-order valence-electron chi connectivity index (χ4n) is 4.91. The van der Waals surface area contributed by atoms with E-state index in [-0.39, 0.29) is 0 Å². The molecule has 1 nitrogen and oxygen atoms in total. The maximum Gasteiger partial charge on any atom is 0.0103 e. The monoisotopic (exact) mass is 265 g/mol. The van der Waals surface area contributed by atoms with Crippen molar-refractivity contribution in [2.45, 2.75) is 85.1 Å². The lowest BCUT2D eigenvalue weighted by Crippen LogP contribution is -2.47. The van der Waals surface area contributed by atoms with Gasteiger partial charge >= 0.3 is 0 Å². The van der Waals surface area contributed by atoms with Crippen LogP contribution in [0.1, 0.15) is 79.1 Å². The molecule has 19 heavy (non-hydrogen) atoms. The SMILES string of the molecule is CCNC1CC(C)CCC1C(C)(C)CC1CCCC1. The van der Waals surface area contributed by atoms with Gasteiger partial charge in [-0.05, 0) is 49.0 Å². The van der Waals surface area contributed by atoms with Crippen molar-refractivity contribution < 1.29 is 0 Å². The summed E-state index contributed by atoms with van der Waals surface area (Å²) in [4.78, 5) is 0. The molecule has 0 amide bonds. The molecule has 0 aromatic carbocycles. The molecule has 0 aromatic heterocycles. The molecule has 0 aliphatic heterocycles. The van der Waals surface area contributed by atoms with E-state index in [0.717, 1.165) is 30.3 Å². The molecule has 0 aromatic rings. The fraction of sp³-hybridized carbons (Fsp3) is 1.00. The average molecular weight is 265 g/mol. The Morgan fingerprint density at radius 2 is 1.74 bits per heavy atom. The predicted octanol–water partition coefficient (Wildman–Crippen LogP) is 5.01. The Balaban J connectivity index is 1.98. The second-order valence-electron chi connectivity index (χ2n) is 8.03. The Bertz CT molecular complexity index is 265. The Kier molecular flexibility index (Phi) is 5.34. The maximum atomic E-state index is 3.80. The van der Waals surface area contributed by atoms with E-state index in [1.54, 1.807) is 0 Å². The molecule has 0 spiro atoms. The largest absolute Gasteiger partial charge is 0.314 e. The van der Waals surface area contributed by atoms with E-state index < -0.39 is 0 Å². The highest BCUT2D eigenvalue weighted by molar-refractivity contribution is 4.93. The van der Waals surface area contributed by atoms with Gasteiger partial charge in [0.25, 0.3) is 0 Å². The van der Waals surface area contributed by atoms with Crippen LogP contribution in [0.4, 0.5) is 0 Å². The van der Waals surface area contributed by atoms with Crippen LogP contribution in [0.5, 0.6) is 0 Å².